The minimum atomic E-state index is -0.346. The van der Waals surface area contributed by atoms with Crippen molar-refractivity contribution in [3.63, 3.8) is 0 Å². The largest absolute Gasteiger partial charge is 0.489 e. The first-order valence-corrected chi connectivity index (χ1v) is 9.38. The number of carbonyl (C=O) groups excluding carboxylic acids is 1. The Morgan fingerprint density at radius 1 is 0.929 bits per heavy atom. The van der Waals surface area contributed by atoms with E-state index in [1.807, 2.05) is 91.0 Å². The molecule has 0 bridgehead atoms. The number of rotatable bonds is 6. The summed E-state index contributed by atoms with van der Waals surface area (Å²) in [4.78, 5) is 13.1. The Balaban J connectivity index is 1.59. The van der Waals surface area contributed by atoms with E-state index in [9.17, 15) is 4.79 Å². The number of carbonyl (C=O) groups is 1. The lowest BCUT2D eigenvalue weighted by Gasteiger charge is -2.21. The molecule has 0 aromatic heterocycles. The Morgan fingerprint density at radius 3 is 2.39 bits per heavy atom. The summed E-state index contributed by atoms with van der Waals surface area (Å²) in [7, 11) is 0. The van der Waals surface area contributed by atoms with Crippen LogP contribution in [0.15, 0.2) is 84.9 Å². The molecule has 1 aliphatic heterocycles. The molecule has 28 heavy (non-hydrogen) atoms. The number of hydrogen-bond acceptors (Lipinski definition) is 3. The van der Waals surface area contributed by atoms with E-state index in [1.54, 1.807) is 0 Å². The van der Waals surface area contributed by atoms with Crippen LogP contribution in [-0.2, 0) is 4.79 Å². The number of fused-ring (bicyclic) bond motifs is 1. The lowest BCUT2D eigenvalue weighted by atomic mass is 9.95. The summed E-state index contributed by atoms with van der Waals surface area (Å²) in [5.41, 5.74) is 3.73. The topological polar surface area (TPSA) is 50.4 Å². The third-order valence-corrected chi connectivity index (χ3v) is 4.71. The summed E-state index contributed by atoms with van der Waals surface area (Å²) in [6.07, 6.45) is 4.02. The third kappa shape index (κ3) is 4.23. The Morgan fingerprint density at radius 2 is 1.64 bits per heavy atom. The summed E-state index contributed by atoms with van der Waals surface area (Å²) in [6, 6.07) is 25.4. The van der Waals surface area contributed by atoms with Gasteiger partial charge in [0.15, 0.2) is 0 Å². The quantitative estimate of drug-likeness (QED) is 0.647. The van der Waals surface area contributed by atoms with Crippen LogP contribution >= 0.6 is 0 Å². The first kappa shape index (κ1) is 17.9. The van der Waals surface area contributed by atoms with Gasteiger partial charge in [0.1, 0.15) is 12.4 Å². The van der Waals surface area contributed by atoms with Gasteiger partial charge in [-0.2, -0.15) is 0 Å². The molecule has 0 saturated carbocycles. The van der Waals surface area contributed by atoms with Crippen molar-refractivity contribution in [1.29, 1.82) is 0 Å². The summed E-state index contributed by atoms with van der Waals surface area (Å²) >= 11 is 0. The van der Waals surface area contributed by atoms with Crippen molar-refractivity contribution in [3.05, 3.63) is 96.1 Å². The van der Waals surface area contributed by atoms with Crippen LogP contribution in [0.5, 0.6) is 5.75 Å². The molecule has 4 nitrogen and oxygen atoms in total. The third-order valence-electron chi connectivity index (χ3n) is 4.71. The molecular formula is C24H22N2O2. The van der Waals surface area contributed by atoms with E-state index in [-0.39, 0.29) is 11.8 Å². The molecule has 0 fully saturated rings. The highest BCUT2D eigenvalue weighted by Crippen LogP contribution is 2.29. The molecule has 2 N–H and O–H groups in total. The molecule has 1 aliphatic rings. The number of nitrogens with one attached hydrogen (secondary N) is 2. The average Bonchev–Trinajstić information content (AvgIpc) is 2.75. The Hall–Kier alpha value is -3.53. The van der Waals surface area contributed by atoms with Gasteiger partial charge in [-0.15, -0.1) is 0 Å². The summed E-state index contributed by atoms with van der Waals surface area (Å²) in [5, 5.41) is 6.41. The molecule has 0 radical (unpaired) electrons. The maximum absolute atomic E-state index is 13.1. The van der Waals surface area contributed by atoms with Crippen LogP contribution in [-0.4, -0.2) is 19.1 Å². The SMILES string of the molecule is O=C(Nc1ccccc1)C(CNc1ccccc1)c1ccc2c(c1)C=CCO2. The van der Waals surface area contributed by atoms with Crippen molar-refractivity contribution < 1.29 is 9.53 Å². The zero-order chi connectivity index (χ0) is 19.2. The Bertz CT molecular complexity index is 968. The van der Waals surface area contributed by atoms with Gasteiger partial charge < -0.3 is 15.4 Å². The van der Waals surface area contributed by atoms with Gasteiger partial charge in [0, 0.05) is 23.5 Å². The van der Waals surface area contributed by atoms with Crippen molar-refractivity contribution in [2.75, 3.05) is 23.8 Å². The molecule has 1 heterocycles. The van der Waals surface area contributed by atoms with Crippen LogP contribution in [0.25, 0.3) is 6.08 Å². The second-order valence-corrected chi connectivity index (χ2v) is 6.67. The van der Waals surface area contributed by atoms with E-state index in [0.29, 0.717) is 13.2 Å². The minimum absolute atomic E-state index is 0.0460. The van der Waals surface area contributed by atoms with Gasteiger partial charge in [0.25, 0.3) is 0 Å². The number of hydrogen-bond donors (Lipinski definition) is 2. The second kappa shape index (κ2) is 8.44. The van der Waals surface area contributed by atoms with Gasteiger partial charge in [-0.3, -0.25) is 4.79 Å². The predicted molar refractivity (Wildman–Crippen MR) is 114 cm³/mol. The first-order chi connectivity index (χ1) is 13.8. The lowest BCUT2D eigenvalue weighted by molar-refractivity contribution is -0.117. The molecule has 1 unspecified atom stereocenters. The zero-order valence-corrected chi connectivity index (χ0v) is 15.5. The second-order valence-electron chi connectivity index (χ2n) is 6.67. The van der Waals surface area contributed by atoms with E-state index >= 15 is 0 Å². The lowest BCUT2D eigenvalue weighted by Crippen LogP contribution is -2.27. The summed E-state index contributed by atoms with van der Waals surface area (Å²) in [5.74, 6) is 0.459. The van der Waals surface area contributed by atoms with Gasteiger partial charge in [0.2, 0.25) is 5.91 Å². The minimum Gasteiger partial charge on any atom is -0.489 e. The smallest absolute Gasteiger partial charge is 0.233 e. The van der Waals surface area contributed by atoms with Crippen molar-refractivity contribution >= 4 is 23.4 Å². The van der Waals surface area contributed by atoms with E-state index in [0.717, 1.165) is 28.3 Å². The molecule has 1 atom stereocenters. The highest BCUT2D eigenvalue weighted by Gasteiger charge is 2.22. The van der Waals surface area contributed by atoms with Crippen LogP contribution in [0.4, 0.5) is 11.4 Å². The van der Waals surface area contributed by atoms with Gasteiger partial charge in [-0.1, -0.05) is 48.5 Å². The fourth-order valence-corrected chi connectivity index (χ4v) is 3.25. The van der Waals surface area contributed by atoms with E-state index in [2.05, 4.69) is 10.6 Å². The van der Waals surface area contributed by atoms with Gasteiger partial charge in [-0.05, 0) is 48.0 Å². The van der Waals surface area contributed by atoms with Crippen molar-refractivity contribution in [3.8, 4) is 5.75 Å². The molecule has 3 aromatic carbocycles. The highest BCUT2D eigenvalue weighted by molar-refractivity contribution is 5.96. The van der Waals surface area contributed by atoms with Crippen LogP contribution in [0.1, 0.15) is 17.0 Å². The fraction of sp³-hybridized carbons (Fsp3) is 0.125. The molecule has 3 aromatic rings. The van der Waals surface area contributed by atoms with Gasteiger partial charge >= 0.3 is 0 Å². The Labute approximate surface area is 164 Å². The zero-order valence-electron chi connectivity index (χ0n) is 15.5. The maximum Gasteiger partial charge on any atom is 0.233 e. The van der Waals surface area contributed by atoms with Crippen LogP contribution in [0.3, 0.4) is 0 Å². The van der Waals surface area contributed by atoms with Crippen molar-refractivity contribution in [2.45, 2.75) is 5.92 Å². The van der Waals surface area contributed by atoms with E-state index < -0.39 is 0 Å². The molecule has 1 amide bonds. The Kier molecular flexibility index (Phi) is 5.38. The molecule has 0 saturated heterocycles. The monoisotopic (exact) mass is 370 g/mol. The standard InChI is InChI=1S/C24H22N2O2/c27-24(26-21-11-5-2-6-12-21)22(17-25-20-9-3-1-4-10-20)18-13-14-23-19(16-18)8-7-15-28-23/h1-14,16,22,25H,15,17H2,(H,26,27). The number of para-hydroxylation sites is 2. The first-order valence-electron chi connectivity index (χ1n) is 9.38. The fourth-order valence-electron chi connectivity index (χ4n) is 3.25. The molecule has 140 valence electrons. The van der Waals surface area contributed by atoms with Crippen molar-refractivity contribution in [1.82, 2.24) is 0 Å². The van der Waals surface area contributed by atoms with Crippen LogP contribution in [0, 0.1) is 0 Å². The summed E-state index contributed by atoms with van der Waals surface area (Å²) < 4.78 is 5.64. The number of ether oxygens (including phenoxy) is 1. The van der Waals surface area contributed by atoms with Gasteiger partial charge in [0.05, 0.1) is 5.92 Å². The summed E-state index contributed by atoms with van der Waals surface area (Å²) in [6.45, 7) is 1.08. The van der Waals surface area contributed by atoms with Crippen molar-refractivity contribution in [2.24, 2.45) is 0 Å². The number of benzene rings is 3. The van der Waals surface area contributed by atoms with Crippen LogP contribution < -0.4 is 15.4 Å². The number of anilines is 2. The predicted octanol–water partition coefficient (Wildman–Crippen LogP) is 4.93. The average molecular weight is 370 g/mol. The normalized spacial score (nSPS) is 13.1. The van der Waals surface area contributed by atoms with Gasteiger partial charge in [-0.25, -0.2) is 0 Å². The van der Waals surface area contributed by atoms with Crippen LogP contribution in [0.2, 0.25) is 0 Å². The molecule has 0 aliphatic carbocycles. The molecule has 4 rings (SSSR count). The molecular weight excluding hydrogens is 348 g/mol. The highest BCUT2D eigenvalue weighted by atomic mass is 16.5. The molecule has 0 spiro atoms. The maximum atomic E-state index is 13.1. The number of amides is 1. The van der Waals surface area contributed by atoms with E-state index in [4.69, 9.17) is 4.74 Å². The molecule has 4 heteroatoms. The van der Waals surface area contributed by atoms with E-state index in [1.165, 1.54) is 0 Å².